The highest BCUT2D eigenvalue weighted by Gasteiger charge is 2.15. The van der Waals surface area contributed by atoms with Crippen LogP contribution in [-0.2, 0) is 13.0 Å². The number of aromatic amines is 1. The average molecular weight is 444 g/mol. The van der Waals surface area contributed by atoms with E-state index in [0.717, 1.165) is 22.0 Å². The quantitative estimate of drug-likeness (QED) is 0.519. The van der Waals surface area contributed by atoms with E-state index in [4.69, 9.17) is 10.5 Å². The van der Waals surface area contributed by atoms with Gasteiger partial charge in [0.1, 0.15) is 18.1 Å². The first-order valence-corrected chi connectivity index (χ1v) is 10.2. The van der Waals surface area contributed by atoms with Crippen molar-refractivity contribution >= 4 is 17.0 Å². The molecule has 3 aromatic heterocycles. The highest BCUT2D eigenvalue weighted by molar-refractivity contribution is 7.12. The fraction of sp³-hybridized carbons (Fsp3) is 0.250. The molecule has 0 unspecified atom stereocenters. The summed E-state index contributed by atoms with van der Waals surface area (Å²) in [6.45, 7) is 1.19. The van der Waals surface area contributed by atoms with Crippen LogP contribution in [0.1, 0.15) is 21.3 Å². The molecule has 0 amide bonds. The number of thiophene rings is 1. The Morgan fingerprint density at radius 2 is 2.16 bits per heavy atom. The van der Waals surface area contributed by atoms with Gasteiger partial charge < -0.3 is 15.8 Å². The van der Waals surface area contributed by atoms with Gasteiger partial charge in [0.05, 0.1) is 17.1 Å². The van der Waals surface area contributed by atoms with Crippen molar-refractivity contribution in [2.45, 2.75) is 13.0 Å². The fourth-order valence-corrected chi connectivity index (χ4v) is 3.81. The molecule has 160 valence electrons. The number of ether oxygens (including phenoxy) is 1. The maximum atomic E-state index is 12.9. The lowest BCUT2D eigenvalue weighted by Crippen LogP contribution is -2.20. The van der Waals surface area contributed by atoms with Crippen molar-refractivity contribution in [3.63, 3.8) is 0 Å². The molecule has 0 saturated heterocycles. The van der Waals surface area contributed by atoms with Gasteiger partial charge >= 0.3 is 5.69 Å². The number of fused-ring (bicyclic) bond motifs is 1. The van der Waals surface area contributed by atoms with Gasteiger partial charge in [0.25, 0.3) is 6.08 Å². The van der Waals surface area contributed by atoms with Crippen LogP contribution in [0.4, 0.5) is 14.5 Å². The van der Waals surface area contributed by atoms with E-state index in [9.17, 15) is 13.6 Å². The second-order valence-electron chi connectivity index (χ2n) is 6.62. The number of halogens is 2. The summed E-state index contributed by atoms with van der Waals surface area (Å²) in [4.78, 5) is 18.1. The van der Waals surface area contributed by atoms with Gasteiger partial charge in [0.15, 0.2) is 0 Å². The Morgan fingerprint density at radius 3 is 2.97 bits per heavy atom. The lowest BCUT2D eigenvalue weighted by Gasteiger charge is -2.17. The summed E-state index contributed by atoms with van der Waals surface area (Å²) in [5.41, 5.74) is 6.06. The zero-order chi connectivity index (χ0) is 21.8. The van der Waals surface area contributed by atoms with Crippen LogP contribution in [-0.4, -0.2) is 39.4 Å². The van der Waals surface area contributed by atoms with Crippen LogP contribution < -0.4 is 21.5 Å². The summed E-state index contributed by atoms with van der Waals surface area (Å²) in [5.74, 6) is 6.79. The van der Waals surface area contributed by atoms with Crippen LogP contribution in [0.3, 0.4) is 0 Å². The number of anilines is 1. The molecular formula is C20H18F2N6O2S. The van der Waals surface area contributed by atoms with Crippen LogP contribution in [0.15, 0.2) is 40.7 Å². The van der Waals surface area contributed by atoms with E-state index >= 15 is 0 Å². The number of hydrogen-bond donors (Lipinski definition) is 3. The number of nitrogens with two attached hydrogens (primary N) is 1. The third-order valence-corrected chi connectivity index (χ3v) is 5.51. The Balaban J connectivity index is 1.50. The predicted molar refractivity (Wildman–Crippen MR) is 112 cm³/mol. The van der Waals surface area contributed by atoms with Crippen LogP contribution in [0, 0.1) is 11.8 Å². The third-order valence-electron chi connectivity index (χ3n) is 4.53. The molecule has 4 N–H and O–H groups in total. The van der Waals surface area contributed by atoms with E-state index in [-0.39, 0.29) is 30.9 Å². The van der Waals surface area contributed by atoms with Crippen molar-refractivity contribution in [3.05, 3.63) is 67.7 Å². The molecule has 11 heteroatoms. The monoisotopic (exact) mass is 444 g/mol. The maximum absolute atomic E-state index is 12.9. The van der Waals surface area contributed by atoms with Crippen molar-refractivity contribution in [1.29, 1.82) is 0 Å². The van der Waals surface area contributed by atoms with E-state index in [0.29, 0.717) is 18.2 Å². The highest BCUT2D eigenvalue weighted by atomic mass is 32.1. The molecule has 4 rings (SSSR count). The van der Waals surface area contributed by atoms with Crippen molar-refractivity contribution in [2.24, 2.45) is 5.73 Å². The highest BCUT2D eigenvalue weighted by Crippen LogP contribution is 2.24. The summed E-state index contributed by atoms with van der Waals surface area (Å²) >= 11 is 1.40. The van der Waals surface area contributed by atoms with E-state index < -0.39 is 11.8 Å². The molecule has 0 aliphatic carbocycles. The Hall–Kier alpha value is -3.49. The summed E-state index contributed by atoms with van der Waals surface area (Å²) < 4.78 is 32.7. The molecule has 0 aromatic carbocycles. The second kappa shape index (κ2) is 9.11. The fourth-order valence-electron chi connectivity index (χ4n) is 2.95. The largest absolute Gasteiger partial charge is 0.474 e. The molecule has 8 nitrogen and oxygen atoms in total. The Kier molecular flexibility index (Phi) is 6.11. The minimum Gasteiger partial charge on any atom is -0.474 e. The van der Waals surface area contributed by atoms with Crippen molar-refractivity contribution in [2.75, 3.05) is 25.0 Å². The number of hydrogen-bond acceptors (Lipinski definition) is 7. The molecule has 31 heavy (non-hydrogen) atoms. The van der Waals surface area contributed by atoms with Gasteiger partial charge in [-0.25, -0.2) is 14.9 Å². The average Bonchev–Trinajstić information content (AvgIpc) is 3.37. The van der Waals surface area contributed by atoms with Crippen LogP contribution in [0.2, 0.25) is 0 Å². The van der Waals surface area contributed by atoms with Gasteiger partial charge in [-0.15, -0.1) is 11.3 Å². The first-order valence-electron chi connectivity index (χ1n) is 9.39. The smallest absolute Gasteiger partial charge is 0.343 e. The van der Waals surface area contributed by atoms with E-state index in [1.54, 1.807) is 0 Å². The summed E-state index contributed by atoms with van der Waals surface area (Å²) in [7, 11) is 0. The van der Waals surface area contributed by atoms with Gasteiger partial charge in [-0.3, -0.25) is 4.57 Å². The van der Waals surface area contributed by atoms with Crippen LogP contribution in [0.5, 0.6) is 5.88 Å². The van der Waals surface area contributed by atoms with Crippen molar-refractivity contribution < 1.29 is 13.5 Å². The minimum absolute atomic E-state index is 0.194. The first-order chi connectivity index (χ1) is 15.0. The maximum Gasteiger partial charge on any atom is 0.343 e. The lowest BCUT2D eigenvalue weighted by molar-refractivity contribution is 0.310. The standard InChI is InChI=1S/C20H18F2N6O2S/c21-18(22)12(10-23)9-17-26-27-20(29)28(17)11-15-5-4-14(31-15)3-1-13-2-6-16-19(25-13)30-8-7-24-16/h2,4-6,24H,7-11,23H2,(H,27,29). The normalized spacial score (nSPS) is 12.2. The third kappa shape index (κ3) is 4.82. The van der Waals surface area contributed by atoms with Crippen molar-refractivity contribution in [1.82, 2.24) is 19.7 Å². The lowest BCUT2D eigenvalue weighted by atomic mass is 10.2. The zero-order valence-electron chi connectivity index (χ0n) is 16.2. The summed E-state index contributed by atoms with van der Waals surface area (Å²) in [6.07, 6.45) is -2.05. The molecule has 0 bridgehead atoms. The molecule has 0 spiro atoms. The molecule has 3 aromatic rings. The number of nitrogens with zero attached hydrogens (tertiary/aromatic N) is 3. The summed E-state index contributed by atoms with van der Waals surface area (Å²) in [6, 6.07) is 7.36. The predicted octanol–water partition coefficient (Wildman–Crippen LogP) is 1.93. The zero-order valence-corrected chi connectivity index (χ0v) is 17.1. The summed E-state index contributed by atoms with van der Waals surface area (Å²) in [5, 5.41) is 9.36. The van der Waals surface area contributed by atoms with E-state index in [1.165, 1.54) is 15.9 Å². The number of pyridine rings is 1. The molecule has 0 saturated carbocycles. The molecule has 1 aliphatic rings. The van der Waals surface area contributed by atoms with Crippen molar-refractivity contribution in [3.8, 4) is 17.7 Å². The van der Waals surface area contributed by atoms with Crippen LogP contribution in [0.25, 0.3) is 0 Å². The minimum atomic E-state index is -1.85. The van der Waals surface area contributed by atoms with Crippen LogP contribution >= 0.6 is 11.3 Å². The molecule has 0 radical (unpaired) electrons. The van der Waals surface area contributed by atoms with E-state index in [1.807, 2.05) is 24.3 Å². The number of nitrogens with one attached hydrogen (secondary N) is 2. The van der Waals surface area contributed by atoms with Gasteiger partial charge in [-0.05, 0) is 36.1 Å². The van der Waals surface area contributed by atoms with E-state index in [2.05, 4.69) is 32.3 Å². The Bertz CT molecular complexity index is 1250. The number of rotatable bonds is 5. The Morgan fingerprint density at radius 1 is 1.29 bits per heavy atom. The number of H-pyrrole nitrogens is 1. The number of aromatic nitrogens is 4. The molecular weight excluding hydrogens is 426 g/mol. The molecule has 0 fully saturated rings. The second-order valence-corrected chi connectivity index (χ2v) is 7.78. The van der Waals surface area contributed by atoms with Gasteiger partial charge in [-0.1, -0.05) is 0 Å². The van der Waals surface area contributed by atoms with Gasteiger partial charge in [0.2, 0.25) is 5.88 Å². The van der Waals surface area contributed by atoms with Gasteiger partial charge in [0, 0.05) is 30.0 Å². The molecule has 0 atom stereocenters. The Labute approximate surface area is 179 Å². The first kappa shape index (κ1) is 20.8. The molecule has 1 aliphatic heterocycles. The van der Waals surface area contributed by atoms with Gasteiger partial charge in [-0.2, -0.15) is 13.9 Å². The SMILES string of the molecule is NCC(Cc1n[nH]c(=O)n1Cc1ccc(C#Cc2ccc3c(n2)OCCN3)s1)=C(F)F. The molecule has 4 heterocycles. The topological polar surface area (TPSA) is 111 Å².